The topological polar surface area (TPSA) is 63.4 Å². The first-order valence-electron chi connectivity index (χ1n) is 9.81. The van der Waals surface area contributed by atoms with Crippen LogP contribution in [0, 0.1) is 11.8 Å². The maximum Gasteiger partial charge on any atom is 0.226 e. The largest absolute Gasteiger partial charge is 0.341 e. The summed E-state index contributed by atoms with van der Waals surface area (Å²) in [4.78, 5) is 27.8. The molecule has 8 heteroatoms. The molecular formula is C19H36N2O2S4. The van der Waals surface area contributed by atoms with Gasteiger partial charge in [-0.25, -0.2) is 0 Å². The highest BCUT2D eigenvalue weighted by molar-refractivity contribution is 8.77. The van der Waals surface area contributed by atoms with Crippen molar-refractivity contribution >= 4 is 54.9 Å². The van der Waals surface area contributed by atoms with Crippen LogP contribution in [0.1, 0.15) is 53.4 Å². The third kappa shape index (κ3) is 11.3. The Morgan fingerprint density at radius 3 is 2.33 bits per heavy atom. The molecule has 0 aliphatic carbocycles. The number of ketones is 1. The molecule has 0 radical (unpaired) electrons. The molecule has 0 aromatic carbocycles. The van der Waals surface area contributed by atoms with Crippen molar-refractivity contribution in [2.24, 2.45) is 17.6 Å². The lowest BCUT2D eigenvalue weighted by atomic mass is 9.91. The van der Waals surface area contributed by atoms with E-state index < -0.39 is 0 Å². The van der Waals surface area contributed by atoms with Crippen molar-refractivity contribution < 1.29 is 9.59 Å². The third-order valence-corrected chi connectivity index (χ3v) is 10.1. The zero-order valence-corrected chi connectivity index (χ0v) is 20.5. The second-order valence-electron chi connectivity index (χ2n) is 8.00. The number of hydrogen-bond acceptors (Lipinski definition) is 7. The summed E-state index contributed by atoms with van der Waals surface area (Å²) < 4.78 is 0.191. The number of carbonyl (C=O) groups is 2. The molecule has 1 rings (SSSR count). The van der Waals surface area contributed by atoms with Crippen LogP contribution in [-0.4, -0.2) is 58.2 Å². The van der Waals surface area contributed by atoms with Crippen LogP contribution in [0.3, 0.4) is 0 Å². The highest BCUT2D eigenvalue weighted by Gasteiger charge is 2.28. The number of Topliss-reactive ketones (excluding diaryl/α,β-unsaturated/α-hetero) is 1. The predicted octanol–water partition coefficient (Wildman–Crippen LogP) is 4.73. The van der Waals surface area contributed by atoms with Crippen molar-refractivity contribution in [1.29, 1.82) is 0 Å². The van der Waals surface area contributed by atoms with Crippen LogP contribution in [0.2, 0.25) is 0 Å². The van der Waals surface area contributed by atoms with Crippen LogP contribution >= 0.6 is 43.2 Å². The fourth-order valence-electron chi connectivity index (χ4n) is 2.70. The van der Waals surface area contributed by atoms with E-state index in [-0.39, 0.29) is 28.3 Å². The van der Waals surface area contributed by atoms with E-state index in [1.807, 2.05) is 44.2 Å². The van der Waals surface area contributed by atoms with E-state index in [2.05, 4.69) is 20.8 Å². The van der Waals surface area contributed by atoms with Gasteiger partial charge >= 0.3 is 0 Å². The lowest BCUT2D eigenvalue weighted by molar-refractivity contribution is -0.138. The molecule has 1 aliphatic rings. The normalized spacial score (nSPS) is 18.0. The van der Waals surface area contributed by atoms with Gasteiger partial charge in [-0.2, -0.15) is 0 Å². The maximum absolute atomic E-state index is 13.1. The average molecular weight is 453 g/mol. The molecule has 1 fully saturated rings. The van der Waals surface area contributed by atoms with Crippen molar-refractivity contribution in [3.05, 3.63) is 0 Å². The number of hydrogen-bond donors (Lipinski definition) is 1. The molecule has 158 valence electrons. The van der Waals surface area contributed by atoms with Gasteiger partial charge in [0.05, 0.1) is 0 Å². The van der Waals surface area contributed by atoms with Crippen LogP contribution in [0.25, 0.3) is 0 Å². The van der Waals surface area contributed by atoms with E-state index in [4.69, 9.17) is 5.73 Å². The molecule has 0 saturated carbocycles. The molecule has 27 heavy (non-hydrogen) atoms. The van der Waals surface area contributed by atoms with Crippen LogP contribution in [0.4, 0.5) is 0 Å². The fraction of sp³-hybridized carbons (Fsp3) is 0.895. The summed E-state index contributed by atoms with van der Waals surface area (Å²) in [5.41, 5.74) is 5.62. The monoisotopic (exact) mass is 452 g/mol. The molecule has 0 spiro atoms. The van der Waals surface area contributed by atoms with Gasteiger partial charge in [-0.05, 0) is 19.4 Å². The highest BCUT2D eigenvalue weighted by atomic mass is 33.1. The highest BCUT2D eigenvalue weighted by Crippen LogP contribution is 2.36. The summed E-state index contributed by atoms with van der Waals surface area (Å²) in [6.45, 7) is 10.8. The zero-order valence-electron chi connectivity index (χ0n) is 17.2. The molecule has 0 unspecified atom stereocenters. The minimum atomic E-state index is -0.181. The van der Waals surface area contributed by atoms with Gasteiger partial charge in [0.2, 0.25) is 5.91 Å². The first-order valence-corrected chi connectivity index (χ1v) is 14.6. The number of nitrogens with zero attached hydrogens (tertiary/aromatic N) is 1. The van der Waals surface area contributed by atoms with Crippen molar-refractivity contribution in [1.82, 2.24) is 4.90 Å². The van der Waals surface area contributed by atoms with Crippen molar-refractivity contribution in [2.45, 2.75) is 58.1 Å². The van der Waals surface area contributed by atoms with Gasteiger partial charge < -0.3 is 10.6 Å². The third-order valence-electron chi connectivity index (χ3n) is 4.26. The molecule has 1 saturated heterocycles. The van der Waals surface area contributed by atoms with E-state index in [0.29, 0.717) is 13.0 Å². The molecule has 4 nitrogen and oxygen atoms in total. The van der Waals surface area contributed by atoms with Crippen molar-refractivity contribution in [2.75, 3.05) is 36.9 Å². The van der Waals surface area contributed by atoms with Gasteiger partial charge in [0.15, 0.2) is 0 Å². The number of unbranched alkanes of at least 4 members (excludes halogenated alkanes) is 1. The molecule has 1 amide bonds. The van der Waals surface area contributed by atoms with Crippen LogP contribution < -0.4 is 5.73 Å². The summed E-state index contributed by atoms with van der Waals surface area (Å²) in [6.07, 6.45) is 2.98. The molecule has 1 aliphatic heterocycles. The molecule has 0 bridgehead atoms. The SMILES string of the molecule is C[C@@H](CSSC(C)(C)C)C(=O)C[C@@H](CCCCN)C(=O)N1CCSSCC1. The molecule has 1 heterocycles. The standard InChI is InChI=1S/C19H36N2O2S4/c1-15(14-26-27-19(2,3)4)17(22)13-16(7-5-6-8-20)18(23)21-9-11-24-25-12-10-21/h15-16H,5-14,20H2,1-4H3/t15-,16+/m0/s1. The second kappa shape index (κ2) is 13.7. The van der Waals surface area contributed by atoms with Crippen LogP contribution in [-0.2, 0) is 9.59 Å². The van der Waals surface area contributed by atoms with Gasteiger partial charge in [-0.3, -0.25) is 9.59 Å². The molecule has 2 atom stereocenters. The van der Waals surface area contributed by atoms with Gasteiger partial charge in [-0.1, -0.05) is 77.3 Å². The summed E-state index contributed by atoms with van der Waals surface area (Å²) in [6, 6.07) is 0. The Balaban J connectivity index is 2.60. The molecular weight excluding hydrogens is 416 g/mol. The van der Waals surface area contributed by atoms with E-state index in [1.165, 1.54) is 0 Å². The van der Waals surface area contributed by atoms with E-state index in [1.54, 1.807) is 10.8 Å². The Morgan fingerprint density at radius 2 is 1.78 bits per heavy atom. The summed E-state index contributed by atoms with van der Waals surface area (Å²) in [5, 5.41) is 0. The van der Waals surface area contributed by atoms with Gasteiger partial charge in [0.1, 0.15) is 5.78 Å². The average Bonchev–Trinajstić information content (AvgIpc) is 2.88. The second-order valence-corrected chi connectivity index (χ2v) is 13.9. The Labute approximate surface area is 181 Å². The van der Waals surface area contributed by atoms with Crippen molar-refractivity contribution in [3.63, 3.8) is 0 Å². The first-order chi connectivity index (χ1) is 12.7. The lowest BCUT2D eigenvalue weighted by Crippen LogP contribution is -2.39. The smallest absolute Gasteiger partial charge is 0.226 e. The van der Waals surface area contributed by atoms with E-state index in [9.17, 15) is 9.59 Å². The maximum atomic E-state index is 13.1. The Morgan fingerprint density at radius 1 is 1.15 bits per heavy atom. The number of carbonyl (C=O) groups excluding carboxylic acids is 2. The van der Waals surface area contributed by atoms with E-state index >= 15 is 0 Å². The fourth-order valence-corrected chi connectivity index (χ4v) is 7.37. The number of rotatable bonds is 11. The van der Waals surface area contributed by atoms with Crippen molar-refractivity contribution in [3.8, 4) is 0 Å². The number of nitrogens with two attached hydrogens (primary N) is 1. The minimum absolute atomic E-state index is 0.00935. The summed E-state index contributed by atoms with van der Waals surface area (Å²) in [5.74, 6) is 2.95. The Hall–Kier alpha value is 0.500. The predicted molar refractivity (Wildman–Crippen MR) is 126 cm³/mol. The summed E-state index contributed by atoms with van der Waals surface area (Å²) in [7, 11) is 7.25. The summed E-state index contributed by atoms with van der Waals surface area (Å²) >= 11 is 0. The van der Waals surface area contributed by atoms with E-state index in [0.717, 1.165) is 49.6 Å². The van der Waals surface area contributed by atoms with Gasteiger partial charge in [0.25, 0.3) is 0 Å². The lowest BCUT2D eigenvalue weighted by Gasteiger charge is -2.26. The Kier molecular flexibility index (Phi) is 12.9. The quantitative estimate of drug-likeness (QED) is 0.359. The minimum Gasteiger partial charge on any atom is -0.341 e. The molecule has 0 aromatic heterocycles. The molecule has 0 aromatic rings. The van der Waals surface area contributed by atoms with Crippen LogP contribution in [0.5, 0.6) is 0 Å². The first kappa shape index (κ1) is 25.5. The molecule has 2 N–H and O–H groups in total. The number of amides is 1. The van der Waals surface area contributed by atoms with Gasteiger partial charge in [-0.15, -0.1) is 0 Å². The van der Waals surface area contributed by atoms with Crippen LogP contribution in [0.15, 0.2) is 0 Å². The van der Waals surface area contributed by atoms with Gasteiger partial charge in [0, 0.05) is 53.4 Å². The Bertz CT molecular complexity index is 449. The zero-order chi connectivity index (χ0) is 20.3.